The Balaban J connectivity index is 2.30. The first-order valence-corrected chi connectivity index (χ1v) is 5.32. The number of nitrogens with zero attached hydrogens (tertiary/aromatic N) is 2. The van der Waals surface area contributed by atoms with Crippen LogP contribution in [0.2, 0.25) is 0 Å². The molecular weight excluding hydrogens is 226 g/mol. The molecule has 0 aromatic carbocycles. The fourth-order valence-corrected chi connectivity index (χ4v) is 1.86. The maximum Gasteiger partial charge on any atom is 0.277 e. The van der Waals surface area contributed by atoms with Crippen molar-refractivity contribution >= 4 is 5.95 Å². The highest BCUT2D eigenvalue weighted by atomic mass is 16.5. The van der Waals surface area contributed by atoms with E-state index in [1.165, 1.54) is 4.57 Å². The van der Waals surface area contributed by atoms with Gasteiger partial charge in [-0.15, -0.1) is 0 Å². The van der Waals surface area contributed by atoms with Crippen molar-refractivity contribution in [1.82, 2.24) is 9.55 Å². The van der Waals surface area contributed by atoms with Gasteiger partial charge in [-0.25, -0.2) is 0 Å². The summed E-state index contributed by atoms with van der Waals surface area (Å²) in [4.78, 5) is 14.9. The second-order valence-electron chi connectivity index (χ2n) is 4.11. The summed E-state index contributed by atoms with van der Waals surface area (Å²) >= 11 is 0. The number of hydrogen-bond acceptors (Lipinski definition) is 6. The van der Waals surface area contributed by atoms with E-state index in [0.717, 1.165) is 0 Å². The molecule has 0 bridgehead atoms. The van der Waals surface area contributed by atoms with Gasteiger partial charge in [-0.2, -0.15) is 4.98 Å². The number of aliphatic hydroxyl groups is 2. The fourth-order valence-electron chi connectivity index (χ4n) is 1.86. The first kappa shape index (κ1) is 12.0. The predicted octanol–water partition coefficient (Wildman–Crippen LogP) is -1.23. The molecular formula is C10H15N3O4. The Bertz CT molecular complexity index is 473. The van der Waals surface area contributed by atoms with Crippen LogP contribution in [0.25, 0.3) is 0 Å². The molecule has 3 atom stereocenters. The van der Waals surface area contributed by atoms with Crippen molar-refractivity contribution in [2.24, 2.45) is 0 Å². The van der Waals surface area contributed by atoms with Gasteiger partial charge in [-0.05, 0) is 6.92 Å². The minimum absolute atomic E-state index is 0.0383. The molecule has 1 aliphatic rings. The van der Waals surface area contributed by atoms with Crippen LogP contribution in [0.5, 0.6) is 0 Å². The molecule has 1 saturated heterocycles. The molecule has 0 radical (unpaired) electrons. The fraction of sp³-hybridized carbons (Fsp3) is 0.600. The number of anilines is 1. The molecule has 0 spiro atoms. The topological polar surface area (TPSA) is 111 Å². The Morgan fingerprint density at radius 3 is 3.00 bits per heavy atom. The lowest BCUT2D eigenvalue weighted by Gasteiger charge is -2.17. The van der Waals surface area contributed by atoms with E-state index in [1.54, 1.807) is 13.1 Å². The summed E-state index contributed by atoms with van der Waals surface area (Å²) in [6.07, 6.45) is -0.0291. The lowest BCUT2D eigenvalue weighted by Crippen LogP contribution is -2.25. The van der Waals surface area contributed by atoms with Crippen molar-refractivity contribution in [2.45, 2.75) is 31.8 Å². The summed E-state index contributed by atoms with van der Waals surface area (Å²) in [6, 6.07) is 0. The maximum absolute atomic E-state index is 11.3. The zero-order chi connectivity index (χ0) is 12.6. The van der Waals surface area contributed by atoms with E-state index >= 15 is 0 Å². The molecule has 2 heterocycles. The van der Waals surface area contributed by atoms with Crippen molar-refractivity contribution in [3.63, 3.8) is 0 Å². The SMILES string of the molecule is Cc1cn([C@H]2C[C@@H](O)C(CO)O2)c(N)nc1=O. The number of nitrogen functional groups attached to an aromatic ring is 1. The Kier molecular flexibility index (Phi) is 3.14. The van der Waals surface area contributed by atoms with E-state index in [4.69, 9.17) is 15.6 Å². The van der Waals surface area contributed by atoms with Crippen LogP contribution in [0, 0.1) is 6.92 Å². The number of ether oxygens (including phenoxy) is 1. The summed E-state index contributed by atoms with van der Waals surface area (Å²) in [5, 5.41) is 18.6. The van der Waals surface area contributed by atoms with Crippen LogP contribution in [0.15, 0.2) is 11.0 Å². The lowest BCUT2D eigenvalue weighted by molar-refractivity contribution is -0.0440. The molecule has 94 valence electrons. The zero-order valence-corrected chi connectivity index (χ0v) is 9.41. The third-order valence-electron chi connectivity index (χ3n) is 2.85. The van der Waals surface area contributed by atoms with E-state index in [-0.39, 0.29) is 18.1 Å². The van der Waals surface area contributed by atoms with Gasteiger partial charge in [0.1, 0.15) is 12.3 Å². The Morgan fingerprint density at radius 1 is 1.71 bits per heavy atom. The van der Waals surface area contributed by atoms with Gasteiger partial charge in [-0.3, -0.25) is 9.36 Å². The second-order valence-corrected chi connectivity index (χ2v) is 4.11. The number of nitrogens with two attached hydrogens (primary N) is 1. The molecule has 0 aliphatic carbocycles. The number of rotatable bonds is 2. The molecule has 1 aromatic rings. The molecule has 17 heavy (non-hydrogen) atoms. The van der Waals surface area contributed by atoms with E-state index < -0.39 is 18.4 Å². The van der Waals surface area contributed by atoms with Crippen molar-refractivity contribution in [3.8, 4) is 0 Å². The molecule has 1 unspecified atom stereocenters. The van der Waals surface area contributed by atoms with Gasteiger partial charge in [0.2, 0.25) is 5.95 Å². The predicted molar refractivity (Wildman–Crippen MR) is 59.3 cm³/mol. The van der Waals surface area contributed by atoms with Crippen LogP contribution in [-0.4, -0.2) is 38.6 Å². The van der Waals surface area contributed by atoms with Crippen LogP contribution in [0.3, 0.4) is 0 Å². The number of aryl methyl sites for hydroxylation is 1. The normalized spacial score (nSPS) is 28.5. The summed E-state index contributed by atoms with van der Waals surface area (Å²) in [6.45, 7) is 1.37. The Hall–Kier alpha value is -1.44. The summed E-state index contributed by atoms with van der Waals surface area (Å²) in [7, 11) is 0. The van der Waals surface area contributed by atoms with Gasteiger partial charge in [0.15, 0.2) is 0 Å². The molecule has 7 heteroatoms. The highest BCUT2D eigenvalue weighted by molar-refractivity contribution is 5.21. The average Bonchev–Trinajstić information content (AvgIpc) is 2.65. The first-order valence-electron chi connectivity index (χ1n) is 5.32. The highest BCUT2D eigenvalue weighted by Crippen LogP contribution is 2.29. The van der Waals surface area contributed by atoms with Crippen LogP contribution >= 0.6 is 0 Å². The van der Waals surface area contributed by atoms with Gasteiger partial charge in [0, 0.05) is 18.2 Å². The van der Waals surface area contributed by atoms with Crippen LogP contribution in [0.1, 0.15) is 18.2 Å². The summed E-state index contributed by atoms with van der Waals surface area (Å²) in [5.41, 5.74) is 5.70. The minimum Gasteiger partial charge on any atom is -0.394 e. The van der Waals surface area contributed by atoms with Crippen molar-refractivity contribution in [1.29, 1.82) is 0 Å². The quantitative estimate of drug-likeness (QED) is 0.598. The van der Waals surface area contributed by atoms with Gasteiger partial charge >= 0.3 is 0 Å². The maximum atomic E-state index is 11.3. The molecule has 0 saturated carbocycles. The summed E-state index contributed by atoms with van der Waals surface area (Å²) in [5.74, 6) is 0.0383. The molecule has 1 aromatic heterocycles. The molecule has 0 amide bonds. The number of aliphatic hydroxyl groups excluding tert-OH is 2. The van der Waals surface area contributed by atoms with Crippen molar-refractivity contribution in [2.75, 3.05) is 12.3 Å². The summed E-state index contributed by atoms with van der Waals surface area (Å²) < 4.78 is 6.92. The molecule has 2 rings (SSSR count). The van der Waals surface area contributed by atoms with E-state index in [9.17, 15) is 9.90 Å². The Morgan fingerprint density at radius 2 is 2.41 bits per heavy atom. The van der Waals surface area contributed by atoms with E-state index in [2.05, 4.69) is 4.98 Å². The third-order valence-corrected chi connectivity index (χ3v) is 2.85. The van der Waals surface area contributed by atoms with Crippen LogP contribution < -0.4 is 11.3 Å². The minimum atomic E-state index is -0.746. The van der Waals surface area contributed by atoms with Gasteiger partial charge in [0.25, 0.3) is 5.56 Å². The number of hydrogen-bond donors (Lipinski definition) is 3. The zero-order valence-electron chi connectivity index (χ0n) is 9.41. The van der Waals surface area contributed by atoms with Crippen molar-refractivity contribution < 1.29 is 14.9 Å². The molecule has 1 fully saturated rings. The van der Waals surface area contributed by atoms with Crippen LogP contribution in [0.4, 0.5) is 5.95 Å². The van der Waals surface area contributed by atoms with E-state index in [0.29, 0.717) is 12.0 Å². The van der Waals surface area contributed by atoms with Gasteiger partial charge in [-0.1, -0.05) is 0 Å². The number of aromatic nitrogens is 2. The van der Waals surface area contributed by atoms with Gasteiger partial charge in [0.05, 0.1) is 12.7 Å². The lowest BCUT2D eigenvalue weighted by atomic mass is 10.2. The highest BCUT2D eigenvalue weighted by Gasteiger charge is 2.34. The van der Waals surface area contributed by atoms with Gasteiger partial charge < -0.3 is 20.7 Å². The first-order chi connectivity index (χ1) is 8.02. The van der Waals surface area contributed by atoms with Crippen LogP contribution in [-0.2, 0) is 4.74 Å². The Labute approximate surface area is 97.5 Å². The standard InChI is InChI=1S/C10H15N3O4/c1-5-3-13(10(11)12-9(5)16)8-2-6(15)7(4-14)17-8/h3,6-8,14-15H,2,4H2,1H3,(H2,11,12,16)/t6-,7?,8-/m1/s1. The molecule has 7 nitrogen and oxygen atoms in total. The second kappa shape index (κ2) is 4.44. The van der Waals surface area contributed by atoms with E-state index in [1.807, 2.05) is 0 Å². The van der Waals surface area contributed by atoms with Crippen molar-refractivity contribution in [3.05, 3.63) is 22.1 Å². The largest absolute Gasteiger partial charge is 0.394 e. The smallest absolute Gasteiger partial charge is 0.277 e. The molecule has 1 aliphatic heterocycles. The third kappa shape index (κ3) is 2.17. The average molecular weight is 241 g/mol. The molecule has 4 N–H and O–H groups in total. The monoisotopic (exact) mass is 241 g/mol.